The molecule has 0 heterocycles. The zero-order chi connectivity index (χ0) is 15.4. The lowest BCUT2D eigenvalue weighted by Crippen LogP contribution is -2.26. The lowest BCUT2D eigenvalue weighted by Gasteiger charge is -2.17. The Morgan fingerprint density at radius 1 is 1.19 bits per heavy atom. The fourth-order valence-electron chi connectivity index (χ4n) is 1.95. The van der Waals surface area contributed by atoms with Crippen molar-refractivity contribution in [1.29, 1.82) is 0 Å². The van der Waals surface area contributed by atoms with Crippen molar-refractivity contribution in [3.63, 3.8) is 0 Å². The Kier molecular flexibility index (Phi) is 4.27. The summed E-state index contributed by atoms with van der Waals surface area (Å²) in [5.74, 6) is -0.807. The van der Waals surface area contributed by atoms with Crippen molar-refractivity contribution in [1.82, 2.24) is 4.90 Å². The first-order chi connectivity index (χ1) is 9.99. The molecule has 0 radical (unpaired) electrons. The maximum Gasteiger partial charge on any atom is 0.282 e. The molecule has 108 valence electrons. The highest BCUT2D eigenvalue weighted by Crippen LogP contribution is 2.20. The van der Waals surface area contributed by atoms with Gasteiger partial charge in [-0.2, -0.15) is 0 Å². The van der Waals surface area contributed by atoms with E-state index in [0.29, 0.717) is 0 Å². The highest BCUT2D eigenvalue weighted by atomic mass is 19.1. The van der Waals surface area contributed by atoms with Crippen LogP contribution in [0.2, 0.25) is 0 Å². The molecular formula is C15H13FN2O3. The van der Waals surface area contributed by atoms with Crippen LogP contribution in [0, 0.1) is 15.9 Å². The van der Waals surface area contributed by atoms with Crippen molar-refractivity contribution < 1.29 is 14.1 Å². The normalized spacial score (nSPS) is 10.2. The van der Waals surface area contributed by atoms with Crippen molar-refractivity contribution in [2.75, 3.05) is 7.05 Å². The Morgan fingerprint density at radius 2 is 1.81 bits per heavy atom. The van der Waals surface area contributed by atoms with Crippen molar-refractivity contribution in [2.24, 2.45) is 0 Å². The van der Waals surface area contributed by atoms with E-state index in [1.807, 2.05) is 0 Å². The Hall–Kier alpha value is -2.76. The van der Waals surface area contributed by atoms with Gasteiger partial charge in [-0.3, -0.25) is 14.9 Å². The molecule has 0 aliphatic rings. The van der Waals surface area contributed by atoms with Gasteiger partial charge in [0, 0.05) is 19.7 Å². The van der Waals surface area contributed by atoms with Crippen LogP contribution in [0.25, 0.3) is 0 Å². The molecule has 0 aliphatic heterocycles. The van der Waals surface area contributed by atoms with E-state index in [4.69, 9.17) is 0 Å². The molecule has 0 spiro atoms. The van der Waals surface area contributed by atoms with Crippen LogP contribution in [0.1, 0.15) is 15.9 Å². The van der Waals surface area contributed by atoms with E-state index in [-0.39, 0.29) is 23.6 Å². The zero-order valence-corrected chi connectivity index (χ0v) is 11.3. The van der Waals surface area contributed by atoms with Gasteiger partial charge in [-0.05, 0) is 23.8 Å². The Labute approximate surface area is 120 Å². The fourth-order valence-corrected chi connectivity index (χ4v) is 1.95. The van der Waals surface area contributed by atoms with Crippen molar-refractivity contribution in [3.05, 3.63) is 75.6 Å². The van der Waals surface area contributed by atoms with Gasteiger partial charge in [0.15, 0.2) is 0 Å². The number of hydrogen-bond acceptors (Lipinski definition) is 3. The van der Waals surface area contributed by atoms with E-state index in [1.165, 1.54) is 35.2 Å². The van der Waals surface area contributed by atoms with Gasteiger partial charge in [-0.15, -0.1) is 0 Å². The topological polar surface area (TPSA) is 63.5 Å². The number of para-hydroxylation sites is 1. The molecule has 2 rings (SSSR count). The molecule has 5 nitrogen and oxygen atoms in total. The molecular weight excluding hydrogens is 275 g/mol. The number of benzene rings is 2. The van der Waals surface area contributed by atoms with Gasteiger partial charge in [0.05, 0.1) is 4.92 Å². The minimum atomic E-state index is -0.584. The van der Waals surface area contributed by atoms with Crippen LogP contribution in [-0.4, -0.2) is 22.8 Å². The number of carbonyl (C=O) groups excluding carboxylic acids is 1. The third-order valence-corrected chi connectivity index (χ3v) is 3.01. The summed E-state index contributed by atoms with van der Waals surface area (Å²) in [4.78, 5) is 24.0. The van der Waals surface area contributed by atoms with Crippen LogP contribution < -0.4 is 0 Å². The number of carbonyl (C=O) groups is 1. The maximum atomic E-state index is 12.8. The molecule has 0 atom stereocenters. The molecule has 0 saturated heterocycles. The first-order valence-electron chi connectivity index (χ1n) is 6.22. The van der Waals surface area contributed by atoms with E-state index < -0.39 is 10.8 Å². The third-order valence-electron chi connectivity index (χ3n) is 3.01. The van der Waals surface area contributed by atoms with E-state index in [9.17, 15) is 19.3 Å². The molecule has 0 unspecified atom stereocenters. The highest BCUT2D eigenvalue weighted by molar-refractivity contribution is 5.97. The molecule has 1 amide bonds. The number of nitro benzene ring substituents is 1. The Balaban J connectivity index is 2.20. The molecule has 0 N–H and O–H groups in total. The van der Waals surface area contributed by atoms with E-state index in [2.05, 4.69) is 0 Å². The molecule has 21 heavy (non-hydrogen) atoms. The first kappa shape index (κ1) is 14.6. The second-order valence-electron chi connectivity index (χ2n) is 4.56. The van der Waals surface area contributed by atoms with Gasteiger partial charge in [-0.1, -0.05) is 24.3 Å². The lowest BCUT2D eigenvalue weighted by molar-refractivity contribution is -0.385. The summed E-state index contributed by atoms with van der Waals surface area (Å²) in [5.41, 5.74) is 0.548. The highest BCUT2D eigenvalue weighted by Gasteiger charge is 2.22. The minimum Gasteiger partial charge on any atom is -0.337 e. The second kappa shape index (κ2) is 6.13. The maximum absolute atomic E-state index is 12.8. The zero-order valence-electron chi connectivity index (χ0n) is 11.3. The van der Waals surface area contributed by atoms with Crippen molar-refractivity contribution in [3.8, 4) is 0 Å². The molecule has 6 heteroatoms. The van der Waals surface area contributed by atoms with Gasteiger partial charge in [0.25, 0.3) is 11.6 Å². The van der Waals surface area contributed by atoms with Crippen LogP contribution in [-0.2, 0) is 6.54 Å². The number of nitrogens with zero attached hydrogens (tertiary/aromatic N) is 2. The summed E-state index contributed by atoms with van der Waals surface area (Å²) in [5, 5.41) is 10.9. The first-order valence-corrected chi connectivity index (χ1v) is 6.22. The van der Waals surface area contributed by atoms with E-state index >= 15 is 0 Å². The average molecular weight is 288 g/mol. The van der Waals surface area contributed by atoms with Gasteiger partial charge >= 0.3 is 0 Å². The van der Waals surface area contributed by atoms with Crippen LogP contribution in [0.15, 0.2) is 48.5 Å². The van der Waals surface area contributed by atoms with Gasteiger partial charge in [-0.25, -0.2) is 4.39 Å². The number of hydrogen-bond donors (Lipinski definition) is 0. The minimum absolute atomic E-state index is 0.0344. The van der Waals surface area contributed by atoms with Gasteiger partial charge in [0.2, 0.25) is 0 Å². The molecule has 0 aliphatic carbocycles. The summed E-state index contributed by atoms with van der Waals surface area (Å²) in [6.45, 7) is 0.241. The van der Waals surface area contributed by atoms with Crippen molar-refractivity contribution >= 4 is 11.6 Å². The molecule has 0 aromatic heterocycles. The number of nitro groups is 1. The lowest BCUT2D eigenvalue weighted by atomic mass is 10.1. The Morgan fingerprint density at radius 3 is 2.43 bits per heavy atom. The smallest absolute Gasteiger partial charge is 0.282 e. The largest absolute Gasteiger partial charge is 0.337 e. The van der Waals surface area contributed by atoms with E-state index in [0.717, 1.165) is 5.56 Å². The molecule has 0 fully saturated rings. The molecule has 0 bridgehead atoms. The summed E-state index contributed by atoms with van der Waals surface area (Å²) >= 11 is 0. The third kappa shape index (κ3) is 3.42. The molecule has 2 aromatic carbocycles. The fraction of sp³-hybridized carbons (Fsp3) is 0.133. The van der Waals surface area contributed by atoms with Gasteiger partial charge in [0.1, 0.15) is 11.4 Å². The Bertz CT molecular complexity index is 671. The second-order valence-corrected chi connectivity index (χ2v) is 4.56. The van der Waals surface area contributed by atoms with Gasteiger partial charge < -0.3 is 4.90 Å². The van der Waals surface area contributed by atoms with Crippen LogP contribution >= 0.6 is 0 Å². The average Bonchev–Trinajstić information content (AvgIpc) is 2.48. The summed E-state index contributed by atoms with van der Waals surface area (Å²) in [6, 6.07) is 11.5. The number of halogens is 1. The number of amides is 1. The quantitative estimate of drug-likeness (QED) is 0.641. The summed E-state index contributed by atoms with van der Waals surface area (Å²) in [6.07, 6.45) is 0. The van der Waals surface area contributed by atoms with Crippen LogP contribution in [0.4, 0.5) is 10.1 Å². The molecule has 2 aromatic rings. The van der Waals surface area contributed by atoms with Crippen molar-refractivity contribution in [2.45, 2.75) is 6.54 Å². The predicted molar refractivity (Wildman–Crippen MR) is 75.3 cm³/mol. The predicted octanol–water partition coefficient (Wildman–Crippen LogP) is 3.01. The van der Waals surface area contributed by atoms with Crippen LogP contribution in [0.3, 0.4) is 0 Å². The molecule has 0 saturated carbocycles. The van der Waals surface area contributed by atoms with Crippen LogP contribution in [0.5, 0.6) is 0 Å². The SMILES string of the molecule is CN(Cc1ccc(F)cc1)C(=O)c1ccccc1[N+](=O)[O-]. The summed E-state index contributed by atoms with van der Waals surface area (Å²) < 4.78 is 12.8. The van der Waals surface area contributed by atoms with E-state index in [1.54, 1.807) is 25.2 Å². The monoisotopic (exact) mass is 288 g/mol. The number of rotatable bonds is 4. The summed E-state index contributed by atoms with van der Waals surface area (Å²) in [7, 11) is 1.54. The standard InChI is InChI=1S/C15H13FN2O3/c1-17(10-11-6-8-12(16)9-7-11)15(19)13-4-2-3-5-14(13)18(20)21/h2-9H,10H2,1H3.